The van der Waals surface area contributed by atoms with E-state index >= 15 is 0 Å². The van der Waals surface area contributed by atoms with Gasteiger partial charge in [-0.3, -0.25) is 9.52 Å². The lowest BCUT2D eigenvalue weighted by Gasteiger charge is -2.35. The summed E-state index contributed by atoms with van der Waals surface area (Å²) in [5.74, 6) is 0.535. The van der Waals surface area contributed by atoms with Gasteiger partial charge in [0.15, 0.2) is 5.65 Å². The van der Waals surface area contributed by atoms with E-state index in [-0.39, 0.29) is 35.3 Å². The van der Waals surface area contributed by atoms with Crippen LogP contribution in [0.1, 0.15) is 46.9 Å². The van der Waals surface area contributed by atoms with Crippen LogP contribution in [0.25, 0.3) is 5.65 Å². The molecule has 3 atom stereocenters. The summed E-state index contributed by atoms with van der Waals surface area (Å²) in [7, 11) is -1.92. The van der Waals surface area contributed by atoms with Crippen molar-refractivity contribution in [1.82, 2.24) is 19.5 Å². The standard InChI is InChI=1S/C25H32ClN7O4S/c1-15-12-33-23(28-24(15)31-13-18(27)22(14-31)37-2)11-20(29-33)21-6-4-5-9-32(21)25(34)17-10-16(26)7-8-19(17)30-38(3,35)36/h7-8,10-12,18,21-22,30H,4-6,9,13-14,27H2,1-3H3/t18?,21-,22?/m0/s1. The number of sulfonamides is 1. The molecule has 2 saturated heterocycles. The van der Waals surface area contributed by atoms with Crippen LogP contribution in [-0.2, 0) is 14.8 Å². The van der Waals surface area contributed by atoms with Crippen molar-refractivity contribution >= 4 is 44.7 Å². The van der Waals surface area contributed by atoms with Crippen molar-refractivity contribution < 1.29 is 17.9 Å². The monoisotopic (exact) mass is 561 g/mol. The van der Waals surface area contributed by atoms with Gasteiger partial charge in [-0.25, -0.2) is 17.9 Å². The zero-order valence-corrected chi connectivity index (χ0v) is 23.2. The maximum atomic E-state index is 13.8. The van der Waals surface area contributed by atoms with Gasteiger partial charge in [-0.15, -0.1) is 0 Å². The van der Waals surface area contributed by atoms with E-state index in [4.69, 9.17) is 32.2 Å². The Morgan fingerprint density at radius 1 is 1.24 bits per heavy atom. The highest BCUT2D eigenvalue weighted by molar-refractivity contribution is 7.92. The number of rotatable bonds is 6. The first-order valence-corrected chi connectivity index (χ1v) is 14.8. The second kappa shape index (κ2) is 10.3. The molecule has 0 spiro atoms. The number of ether oxygens (including phenoxy) is 1. The van der Waals surface area contributed by atoms with Gasteiger partial charge in [0.25, 0.3) is 5.91 Å². The lowest BCUT2D eigenvalue weighted by Crippen LogP contribution is -2.39. The van der Waals surface area contributed by atoms with E-state index in [1.165, 1.54) is 12.1 Å². The number of likely N-dealkylation sites (tertiary alicyclic amines) is 1. The van der Waals surface area contributed by atoms with Crippen molar-refractivity contribution in [3.8, 4) is 0 Å². The summed E-state index contributed by atoms with van der Waals surface area (Å²) in [5, 5.41) is 5.14. The van der Waals surface area contributed by atoms with Crippen molar-refractivity contribution in [2.45, 2.75) is 44.4 Å². The maximum Gasteiger partial charge on any atom is 0.256 e. The average molecular weight is 562 g/mol. The van der Waals surface area contributed by atoms with Gasteiger partial charge in [0, 0.05) is 49.6 Å². The summed E-state index contributed by atoms with van der Waals surface area (Å²) in [6.45, 7) is 3.82. The molecule has 13 heteroatoms. The number of fused-ring (bicyclic) bond motifs is 1. The molecule has 0 aliphatic carbocycles. The third-order valence-corrected chi connectivity index (χ3v) is 7.97. The minimum Gasteiger partial charge on any atom is -0.378 e. The molecule has 0 radical (unpaired) electrons. The Balaban J connectivity index is 1.47. The molecule has 2 fully saturated rings. The second-order valence-electron chi connectivity index (χ2n) is 10.0. The van der Waals surface area contributed by atoms with Crippen LogP contribution in [0, 0.1) is 6.92 Å². The number of piperidine rings is 1. The first-order valence-electron chi connectivity index (χ1n) is 12.5. The van der Waals surface area contributed by atoms with Crippen molar-refractivity contribution in [3.63, 3.8) is 0 Å². The molecule has 204 valence electrons. The fraction of sp³-hybridized carbons (Fsp3) is 0.480. The Hall–Kier alpha value is -2.93. The van der Waals surface area contributed by atoms with Crippen LogP contribution in [0.15, 0.2) is 30.5 Å². The Morgan fingerprint density at radius 2 is 2.03 bits per heavy atom. The molecule has 1 aromatic carbocycles. The normalized spacial score (nSPS) is 22.3. The van der Waals surface area contributed by atoms with Crippen molar-refractivity contribution in [3.05, 3.63) is 52.3 Å². The first-order chi connectivity index (χ1) is 18.0. The molecule has 3 aromatic rings. The number of nitrogens with one attached hydrogen (secondary N) is 1. The van der Waals surface area contributed by atoms with Crippen molar-refractivity contribution in [2.75, 3.05) is 42.6 Å². The molecule has 5 rings (SSSR count). The SMILES string of the molecule is COC1CN(c2nc3cc([C@@H]4CCCCN4C(=O)c4cc(Cl)ccc4NS(C)(=O)=O)nn3cc2C)CC1N. The number of nitrogens with two attached hydrogens (primary N) is 1. The largest absolute Gasteiger partial charge is 0.378 e. The number of hydrogen-bond donors (Lipinski definition) is 2. The highest BCUT2D eigenvalue weighted by atomic mass is 35.5. The lowest BCUT2D eigenvalue weighted by molar-refractivity contribution is 0.0607. The number of halogens is 1. The van der Waals surface area contributed by atoms with Gasteiger partial charge >= 0.3 is 0 Å². The predicted octanol–water partition coefficient (Wildman–Crippen LogP) is 2.59. The molecule has 0 saturated carbocycles. The molecule has 4 heterocycles. The number of nitrogens with zero attached hydrogens (tertiary/aromatic N) is 5. The smallest absolute Gasteiger partial charge is 0.256 e. The van der Waals surface area contributed by atoms with Crippen LogP contribution in [0.2, 0.25) is 5.02 Å². The van der Waals surface area contributed by atoms with E-state index in [1.807, 2.05) is 19.2 Å². The second-order valence-corrected chi connectivity index (χ2v) is 12.2. The molecule has 1 amide bonds. The molecule has 2 aromatic heterocycles. The maximum absolute atomic E-state index is 13.8. The van der Waals surface area contributed by atoms with Gasteiger partial charge in [0.2, 0.25) is 10.0 Å². The number of anilines is 2. The number of carbonyl (C=O) groups excluding carboxylic acids is 1. The van der Waals surface area contributed by atoms with Gasteiger partial charge in [0.05, 0.1) is 41.4 Å². The number of carbonyl (C=O) groups is 1. The zero-order chi connectivity index (χ0) is 27.2. The van der Waals surface area contributed by atoms with Crippen LogP contribution in [0.3, 0.4) is 0 Å². The molecule has 0 bridgehead atoms. The number of methoxy groups -OCH3 is 1. The summed E-state index contributed by atoms with van der Waals surface area (Å²) in [6.07, 6.45) is 5.44. The Kier molecular flexibility index (Phi) is 7.25. The molecule has 38 heavy (non-hydrogen) atoms. The number of hydrogen-bond acceptors (Lipinski definition) is 8. The van der Waals surface area contributed by atoms with Gasteiger partial charge in [-0.2, -0.15) is 5.10 Å². The third kappa shape index (κ3) is 5.31. The molecular formula is C25H32ClN7O4S. The van der Waals surface area contributed by atoms with Crippen LogP contribution in [0.5, 0.6) is 0 Å². The number of benzene rings is 1. The van der Waals surface area contributed by atoms with Crippen LogP contribution in [0.4, 0.5) is 11.5 Å². The minimum atomic E-state index is -3.59. The van der Waals surface area contributed by atoms with Gasteiger partial charge in [-0.1, -0.05) is 11.6 Å². The fourth-order valence-corrected chi connectivity index (χ4v) is 6.09. The van der Waals surface area contributed by atoms with E-state index in [2.05, 4.69) is 9.62 Å². The minimum absolute atomic E-state index is 0.0525. The zero-order valence-electron chi connectivity index (χ0n) is 21.6. The topological polar surface area (TPSA) is 135 Å². The number of amides is 1. The summed E-state index contributed by atoms with van der Waals surface area (Å²) in [6, 6.07) is 6.09. The summed E-state index contributed by atoms with van der Waals surface area (Å²) < 4.78 is 33.5. The van der Waals surface area contributed by atoms with Crippen LogP contribution >= 0.6 is 11.6 Å². The number of aryl methyl sites for hydroxylation is 1. The van der Waals surface area contributed by atoms with Gasteiger partial charge < -0.3 is 20.3 Å². The fourth-order valence-electron chi connectivity index (χ4n) is 5.34. The molecular weight excluding hydrogens is 530 g/mol. The third-order valence-electron chi connectivity index (χ3n) is 7.15. The number of aromatic nitrogens is 3. The highest BCUT2D eigenvalue weighted by Crippen LogP contribution is 2.34. The van der Waals surface area contributed by atoms with Crippen LogP contribution < -0.4 is 15.4 Å². The molecule has 2 unspecified atom stereocenters. The van der Waals surface area contributed by atoms with E-state index in [9.17, 15) is 13.2 Å². The predicted molar refractivity (Wildman–Crippen MR) is 146 cm³/mol. The molecule has 2 aliphatic heterocycles. The highest BCUT2D eigenvalue weighted by Gasteiger charge is 2.34. The lowest BCUT2D eigenvalue weighted by atomic mass is 9.98. The Bertz CT molecular complexity index is 1480. The van der Waals surface area contributed by atoms with E-state index in [0.717, 1.165) is 42.6 Å². The summed E-state index contributed by atoms with van der Waals surface area (Å²) >= 11 is 6.20. The quantitative estimate of drug-likeness (QED) is 0.469. The average Bonchev–Trinajstić information content (AvgIpc) is 3.45. The van der Waals surface area contributed by atoms with E-state index in [0.29, 0.717) is 30.3 Å². The molecule has 11 nitrogen and oxygen atoms in total. The summed E-state index contributed by atoms with van der Waals surface area (Å²) in [4.78, 5) is 22.6. The van der Waals surface area contributed by atoms with Gasteiger partial charge in [0.1, 0.15) is 5.82 Å². The van der Waals surface area contributed by atoms with E-state index in [1.54, 1.807) is 22.6 Å². The first kappa shape index (κ1) is 26.7. The van der Waals surface area contributed by atoms with Gasteiger partial charge in [-0.05, 0) is 44.4 Å². The molecule has 3 N–H and O–H groups in total. The Morgan fingerprint density at radius 3 is 2.74 bits per heavy atom. The summed E-state index contributed by atoms with van der Waals surface area (Å²) in [5.41, 5.74) is 9.00. The molecule has 2 aliphatic rings. The Labute approximate surface area is 226 Å². The van der Waals surface area contributed by atoms with E-state index < -0.39 is 10.0 Å². The van der Waals surface area contributed by atoms with Crippen molar-refractivity contribution in [2.24, 2.45) is 5.73 Å². The van der Waals surface area contributed by atoms with Crippen LogP contribution in [-0.4, -0.2) is 79.0 Å². The van der Waals surface area contributed by atoms with Crippen molar-refractivity contribution in [1.29, 1.82) is 0 Å².